The minimum atomic E-state index is -4.36. The molecule has 0 unspecified atom stereocenters. The maximum Gasteiger partial charge on any atom is 0.416 e. The van der Waals surface area contributed by atoms with Crippen molar-refractivity contribution in [3.63, 3.8) is 0 Å². The van der Waals surface area contributed by atoms with Crippen molar-refractivity contribution in [2.24, 2.45) is 0 Å². The second-order valence-corrected chi connectivity index (χ2v) is 6.79. The molecule has 8 heteroatoms. The van der Waals surface area contributed by atoms with Gasteiger partial charge in [-0.1, -0.05) is 12.1 Å². The van der Waals surface area contributed by atoms with Crippen LogP contribution in [-0.4, -0.2) is 36.1 Å². The summed E-state index contributed by atoms with van der Waals surface area (Å²) < 4.78 is 51.3. The van der Waals surface area contributed by atoms with Crippen molar-refractivity contribution in [1.82, 2.24) is 9.97 Å². The van der Waals surface area contributed by atoms with Gasteiger partial charge in [-0.05, 0) is 36.4 Å². The summed E-state index contributed by atoms with van der Waals surface area (Å²) >= 11 is 0. The van der Waals surface area contributed by atoms with E-state index in [1.807, 2.05) is 0 Å². The van der Waals surface area contributed by atoms with E-state index in [-0.39, 0.29) is 5.82 Å². The molecule has 4 rings (SSSR count). The second kappa shape index (κ2) is 7.69. The molecule has 0 atom stereocenters. The fraction of sp³-hybridized carbons (Fsp3) is 0.238. The molecule has 0 radical (unpaired) electrons. The largest absolute Gasteiger partial charge is 0.416 e. The van der Waals surface area contributed by atoms with Crippen molar-refractivity contribution >= 4 is 11.5 Å². The van der Waals surface area contributed by atoms with Gasteiger partial charge >= 0.3 is 6.18 Å². The van der Waals surface area contributed by atoms with E-state index in [9.17, 15) is 17.6 Å². The highest BCUT2D eigenvalue weighted by Crippen LogP contribution is 2.31. The van der Waals surface area contributed by atoms with Crippen LogP contribution in [0.3, 0.4) is 0 Å². The van der Waals surface area contributed by atoms with E-state index >= 15 is 0 Å². The first-order valence-electron chi connectivity index (χ1n) is 9.15. The summed E-state index contributed by atoms with van der Waals surface area (Å²) in [5, 5.41) is 0. The second-order valence-electron chi connectivity index (χ2n) is 6.79. The predicted molar refractivity (Wildman–Crippen MR) is 103 cm³/mol. The first-order chi connectivity index (χ1) is 13.9. The molecule has 1 aliphatic rings. The van der Waals surface area contributed by atoms with Gasteiger partial charge in [-0.15, -0.1) is 0 Å². The molecule has 1 aromatic heterocycles. The van der Waals surface area contributed by atoms with Crippen LogP contribution in [0, 0.1) is 5.82 Å². The molecule has 0 N–H and O–H groups in total. The zero-order valence-corrected chi connectivity index (χ0v) is 15.4. The molecule has 1 saturated heterocycles. The summed E-state index contributed by atoms with van der Waals surface area (Å²) in [7, 11) is 0. The van der Waals surface area contributed by atoms with Crippen LogP contribution >= 0.6 is 0 Å². The van der Waals surface area contributed by atoms with Crippen LogP contribution in [-0.2, 0) is 6.18 Å². The first-order valence-corrected chi connectivity index (χ1v) is 9.15. The molecular formula is C21H18F4N4. The quantitative estimate of drug-likeness (QED) is 0.598. The van der Waals surface area contributed by atoms with E-state index in [1.165, 1.54) is 24.3 Å². The molecule has 2 heterocycles. The molecule has 0 saturated carbocycles. The van der Waals surface area contributed by atoms with E-state index in [2.05, 4.69) is 19.8 Å². The third-order valence-electron chi connectivity index (χ3n) is 4.93. The van der Waals surface area contributed by atoms with Gasteiger partial charge < -0.3 is 9.80 Å². The van der Waals surface area contributed by atoms with Gasteiger partial charge in [0, 0.05) is 37.4 Å². The molecule has 1 aliphatic heterocycles. The lowest BCUT2D eigenvalue weighted by Gasteiger charge is -2.36. The summed E-state index contributed by atoms with van der Waals surface area (Å²) in [4.78, 5) is 13.0. The Morgan fingerprint density at radius 3 is 2.00 bits per heavy atom. The average Bonchev–Trinajstić information content (AvgIpc) is 2.74. The molecule has 29 heavy (non-hydrogen) atoms. The maximum atomic E-state index is 13.1. The van der Waals surface area contributed by atoms with E-state index in [4.69, 9.17) is 0 Å². The summed E-state index contributed by atoms with van der Waals surface area (Å²) in [6, 6.07) is 11.3. The van der Waals surface area contributed by atoms with E-state index < -0.39 is 11.7 Å². The highest BCUT2D eigenvalue weighted by atomic mass is 19.4. The van der Waals surface area contributed by atoms with E-state index in [0.717, 1.165) is 30.9 Å². The topological polar surface area (TPSA) is 32.3 Å². The van der Waals surface area contributed by atoms with Crippen LogP contribution < -0.4 is 9.80 Å². The fourth-order valence-electron chi connectivity index (χ4n) is 3.32. The molecule has 0 aliphatic carbocycles. The smallest absolute Gasteiger partial charge is 0.368 e. The molecule has 1 fully saturated rings. The van der Waals surface area contributed by atoms with Crippen LogP contribution in [0.25, 0.3) is 11.3 Å². The number of benzene rings is 2. The summed E-state index contributed by atoms with van der Waals surface area (Å²) in [6.45, 7) is 2.92. The molecule has 4 nitrogen and oxygen atoms in total. The minimum absolute atomic E-state index is 0.261. The third kappa shape index (κ3) is 4.31. The van der Waals surface area contributed by atoms with Gasteiger partial charge in [0.25, 0.3) is 0 Å². The molecule has 0 spiro atoms. The Labute approximate surface area is 165 Å². The lowest BCUT2D eigenvalue weighted by Crippen LogP contribution is -2.46. The number of halogens is 4. The number of hydrogen-bond acceptors (Lipinski definition) is 4. The van der Waals surface area contributed by atoms with Gasteiger partial charge in [-0.25, -0.2) is 9.37 Å². The maximum absolute atomic E-state index is 13.1. The van der Waals surface area contributed by atoms with Gasteiger partial charge in [0.1, 0.15) is 11.6 Å². The Kier molecular flexibility index (Phi) is 5.08. The zero-order chi connectivity index (χ0) is 20.4. The van der Waals surface area contributed by atoms with Crippen LogP contribution in [0.4, 0.5) is 29.1 Å². The standard InChI is InChI=1S/C21H18F4N4/c22-17-5-7-18(8-6-17)28-9-11-29(12-10-28)20-14-26-13-19(27-20)15-1-3-16(4-2-15)21(23,24)25/h1-8,13-14H,9-12H2. The van der Waals surface area contributed by atoms with Crippen molar-refractivity contribution in [3.8, 4) is 11.3 Å². The number of piperazine rings is 1. The lowest BCUT2D eigenvalue weighted by molar-refractivity contribution is -0.137. The number of alkyl halides is 3. The summed E-state index contributed by atoms with van der Waals surface area (Å²) in [5.41, 5.74) is 1.38. The number of rotatable bonds is 3. The van der Waals surface area contributed by atoms with Gasteiger partial charge in [0.05, 0.1) is 23.7 Å². The summed E-state index contributed by atoms with van der Waals surface area (Å²) in [5.74, 6) is 0.420. The molecule has 3 aromatic rings. The highest BCUT2D eigenvalue weighted by Gasteiger charge is 2.30. The van der Waals surface area contributed by atoms with Crippen molar-refractivity contribution in [3.05, 3.63) is 72.3 Å². The SMILES string of the molecule is Fc1ccc(N2CCN(c3cncc(-c4ccc(C(F)(F)F)cc4)n3)CC2)cc1. The third-order valence-corrected chi connectivity index (χ3v) is 4.93. The van der Waals surface area contributed by atoms with E-state index in [1.54, 1.807) is 24.5 Å². The van der Waals surface area contributed by atoms with Gasteiger partial charge in [-0.2, -0.15) is 13.2 Å². The Balaban J connectivity index is 1.46. The van der Waals surface area contributed by atoms with Gasteiger partial charge in [0.2, 0.25) is 0 Å². The number of hydrogen-bond donors (Lipinski definition) is 0. The number of aromatic nitrogens is 2. The van der Waals surface area contributed by atoms with Crippen molar-refractivity contribution < 1.29 is 17.6 Å². The van der Waals surface area contributed by atoms with Crippen LogP contribution in [0.1, 0.15) is 5.56 Å². The first kappa shape index (κ1) is 19.2. The van der Waals surface area contributed by atoms with Gasteiger partial charge in [-0.3, -0.25) is 4.98 Å². The monoisotopic (exact) mass is 402 g/mol. The van der Waals surface area contributed by atoms with Crippen LogP contribution in [0.2, 0.25) is 0 Å². The lowest BCUT2D eigenvalue weighted by atomic mass is 10.1. The van der Waals surface area contributed by atoms with Crippen molar-refractivity contribution in [1.29, 1.82) is 0 Å². The van der Waals surface area contributed by atoms with Gasteiger partial charge in [0.15, 0.2) is 0 Å². The predicted octanol–water partition coefficient (Wildman–Crippen LogP) is 4.63. The highest BCUT2D eigenvalue weighted by molar-refractivity contribution is 5.61. The fourth-order valence-corrected chi connectivity index (χ4v) is 3.32. The molecule has 150 valence electrons. The van der Waals surface area contributed by atoms with Crippen LogP contribution in [0.5, 0.6) is 0 Å². The van der Waals surface area contributed by atoms with E-state index in [0.29, 0.717) is 30.2 Å². The minimum Gasteiger partial charge on any atom is -0.368 e. The Morgan fingerprint density at radius 2 is 1.38 bits per heavy atom. The Bertz CT molecular complexity index is 963. The number of nitrogens with zero attached hydrogens (tertiary/aromatic N) is 4. The molecule has 0 amide bonds. The average molecular weight is 402 g/mol. The van der Waals surface area contributed by atoms with Crippen molar-refractivity contribution in [2.75, 3.05) is 36.0 Å². The number of anilines is 2. The Hall–Kier alpha value is -3.16. The molecule has 0 bridgehead atoms. The molecular weight excluding hydrogens is 384 g/mol. The van der Waals surface area contributed by atoms with Crippen LogP contribution in [0.15, 0.2) is 60.9 Å². The normalized spacial score (nSPS) is 14.9. The van der Waals surface area contributed by atoms with Crippen molar-refractivity contribution in [2.45, 2.75) is 6.18 Å². The Morgan fingerprint density at radius 1 is 0.759 bits per heavy atom. The molecule has 2 aromatic carbocycles. The zero-order valence-electron chi connectivity index (χ0n) is 15.4. The summed E-state index contributed by atoms with van der Waals surface area (Å²) in [6.07, 6.45) is -1.17.